The predicted octanol–water partition coefficient (Wildman–Crippen LogP) is 3.78. The largest absolute Gasteiger partial charge is 0.392 e. The lowest BCUT2D eigenvalue weighted by atomic mass is 10.1. The number of hydrogen-bond donors (Lipinski definition) is 1. The van der Waals surface area contributed by atoms with Gasteiger partial charge in [0.1, 0.15) is 5.82 Å². The molecule has 2 nitrogen and oxygen atoms in total. The van der Waals surface area contributed by atoms with E-state index in [4.69, 9.17) is 5.11 Å². The van der Waals surface area contributed by atoms with E-state index in [1.54, 1.807) is 12.1 Å². The minimum absolute atomic E-state index is 0.145. The molecule has 3 heteroatoms. The van der Waals surface area contributed by atoms with Crippen LogP contribution in [0.1, 0.15) is 18.1 Å². The van der Waals surface area contributed by atoms with E-state index >= 15 is 0 Å². The van der Waals surface area contributed by atoms with Crippen molar-refractivity contribution in [3.05, 3.63) is 59.4 Å². The molecule has 0 aromatic heterocycles. The molecule has 0 radical (unpaired) electrons. The van der Waals surface area contributed by atoms with Crippen LogP contribution in [0, 0.1) is 12.7 Å². The highest BCUT2D eigenvalue weighted by atomic mass is 19.1. The first-order valence-electron chi connectivity index (χ1n) is 6.39. The fraction of sp³-hybridized carbons (Fsp3) is 0.250. The number of nitrogens with zero attached hydrogens (tertiary/aromatic N) is 1. The second-order valence-corrected chi connectivity index (χ2v) is 4.52. The number of anilines is 2. The van der Waals surface area contributed by atoms with E-state index in [0.29, 0.717) is 17.8 Å². The molecule has 19 heavy (non-hydrogen) atoms. The van der Waals surface area contributed by atoms with Gasteiger partial charge in [0.15, 0.2) is 0 Å². The lowest BCUT2D eigenvalue weighted by Crippen LogP contribution is -2.17. The minimum Gasteiger partial charge on any atom is -0.392 e. The second-order valence-electron chi connectivity index (χ2n) is 4.52. The Labute approximate surface area is 113 Å². The SMILES string of the molecule is CCN(c1ccc(C)cc1)c1ccc(CO)cc1F. The maximum absolute atomic E-state index is 14.1. The van der Waals surface area contributed by atoms with Crippen LogP contribution in [-0.2, 0) is 6.61 Å². The maximum Gasteiger partial charge on any atom is 0.147 e. The molecule has 0 bridgehead atoms. The molecule has 0 unspecified atom stereocenters. The molecule has 1 N–H and O–H groups in total. The van der Waals surface area contributed by atoms with Gasteiger partial charge in [-0.2, -0.15) is 0 Å². The molecule has 2 aromatic rings. The summed E-state index contributed by atoms with van der Waals surface area (Å²) in [7, 11) is 0. The van der Waals surface area contributed by atoms with E-state index < -0.39 is 0 Å². The van der Waals surface area contributed by atoms with Gasteiger partial charge in [-0.05, 0) is 43.7 Å². The van der Waals surface area contributed by atoms with Gasteiger partial charge < -0.3 is 10.0 Å². The highest BCUT2D eigenvalue weighted by Gasteiger charge is 2.12. The molecule has 0 atom stereocenters. The van der Waals surface area contributed by atoms with Crippen molar-refractivity contribution in [1.82, 2.24) is 0 Å². The average Bonchev–Trinajstić information content (AvgIpc) is 2.43. The zero-order chi connectivity index (χ0) is 13.8. The van der Waals surface area contributed by atoms with Crippen LogP contribution >= 0.6 is 0 Å². The summed E-state index contributed by atoms with van der Waals surface area (Å²) < 4.78 is 14.1. The van der Waals surface area contributed by atoms with Crippen molar-refractivity contribution < 1.29 is 9.50 Å². The van der Waals surface area contributed by atoms with Crippen LogP contribution < -0.4 is 4.90 Å². The van der Waals surface area contributed by atoms with Crippen molar-refractivity contribution in [3.63, 3.8) is 0 Å². The van der Waals surface area contributed by atoms with Crippen LogP contribution in [-0.4, -0.2) is 11.7 Å². The van der Waals surface area contributed by atoms with Gasteiger partial charge in [-0.1, -0.05) is 23.8 Å². The maximum atomic E-state index is 14.1. The number of rotatable bonds is 4. The van der Waals surface area contributed by atoms with Gasteiger partial charge in [0, 0.05) is 12.2 Å². The van der Waals surface area contributed by atoms with Crippen LogP contribution in [0.3, 0.4) is 0 Å². The van der Waals surface area contributed by atoms with Crippen LogP contribution in [0.2, 0.25) is 0 Å². The van der Waals surface area contributed by atoms with Crippen LogP contribution in [0.15, 0.2) is 42.5 Å². The van der Waals surface area contributed by atoms with Gasteiger partial charge in [-0.15, -0.1) is 0 Å². The van der Waals surface area contributed by atoms with Crippen LogP contribution in [0.25, 0.3) is 0 Å². The molecule has 2 rings (SSSR count). The fourth-order valence-electron chi connectivity index (χ4n) is 2.08. The molecule has 0 spiro atoms. The third kappa shape index (κ3) is 2.93. The number of aliphatic hydroxyl groups excluding tert-OH is 1. The van der Waals surface area contributed by atoms with Gasteiger partial charge in [0.25, 0.3) is 0 Å². The molecule has 100 valence electrons. The zero-order valence-corrected chi connectivity index (χ0v) is 11.2. The van der Waals surface area contributed by atoms with Crippen molar-refractivity contribution in [3.8, 4) is 0 Å². The van der Waals surface area contributed by atoms with Crippen molar-refractivity contribution in [2.75, 3.05) is 11.4 Å². The van der Waals surface area contributed by atoms with Crippen molar-refractivity contribution in [2.45, 2.75) is 20.5 Å². The fourth-order valence-corrected chi connectivity index (χ4v) is 2.08. The predicted molar refractivity (Wildman–Crippen MR) is 76.2 cm³/mol. The number of aliphatic hydroxyl groups is 1. The Hall–Kier alpha value is -1.87. The quantitative estimate of drug-likeness (QED) is 0.903. The third-order valence-electron chi connectivity index (χ3n) is 3.15. The summed E-state index contributed by atoms with van der Waals surface area (Å²) in [5.74, 6) is -0.311. The van der Waals surface area contributed by atoms with Crippen molar-refractivity contribution in [2.24, 2.45) is 0 Å². The summed E-state index contributed by atoms with van der Waals surface area (Å²) in [4.78, 5) is 1.91. The summed E-state index contributed by atoms with van der Waals surface area (Å²) in [6.45, 7) is 4.54. The summed E-state index contributed by atoms with van der Waals surface area (Å²) >= 11 is 0. The van der Waals surface area contributed by atoms with Gasteiger partial charge in [0.05, 0.1) is 12.3 Å². The van der Waals surface area contributed by atoms with E-state index in [0.717, 1.165) is 5.69 Å². The lowest BCUT2D eigenvalue weighted by molar-refractivity contribution is 0.281. The second kappa shape index (κ2) is 5.85. The van der Waals surface area contributed by atoms with Crippen molar-refractivity contribution in [1.29, 1.82) is 0 Å². The summed E-state index contributed by atoms with van der Waals surface area (Å²) in [5, 5.41) is 9.02. The van der Waals surface area contributed by atoms with Crippen molar-refractivity contribution >= 4 is 11.4 Å². The Bertz CT molecular complexity index is 551. The van der Waals surface area contributed by atoms with Gasteiger partial charge >= 0.3 is 0 Å². The number of benzene rings is 2. The molecule has 0 amide bonds. The van der Waals surface area contributed by atoms with Crippen LogP contribution in [0.5, 0.6) is 0 Å². The molecule has 0 aliphatic rings. The van der Waals surface area contributed by atoms with E-state index in [1.165, 1.54) is 11.6 Å². The highest BCUT2D eigenvalue weighted by Crippen LogP contribution is 2.28. The molecule has 0 saturated carbocycles. The number of halogens is 1. The number of aryl methyl sites for hydroxylation is 1. The van der Waals surface area contributed by atoms with E-state index in [-0.39, 0.29) is 12.4 Å². The highest BCUT2D eigenvalue weighted by molar-refractivity contribution is 5.64. The Morgan fingerprint density at radius 1 is 1.11 bits per heavy atom. The van der Waals surface area contributed by atoms with Gasteiger partial charge in [-0.25, -0.2) is 4.39 Å². The first kappa shape index (κ1) is 13.6. The number of hydrogen-bond acceptors (Lipinski definition) is 2. The molecule has 0 aliphatic heterocycles. The average molecular weight is 259 g/mol. The van der Waals surface area contributed by atoms with E-state index in [1.807, 2.05) is 43.0 Å². The van der Waals surface area contributed by atoms with E-state index in [2.05, 4.69) is 0 Å². The monoisotopic (exact) mass is 259 g/mol. The van der Waals surface area contributed by atoms with Crippen LogP contribution in [0.4, 0.5) is 15.8 Å². The standard InChI is InChI=1S/C16H18FNO/c1-3-18(14-7-4-12(2)5-8-14)16-9-6-13(11-19)10-15(16)17/h4-10,19H,3,11H2,1-2H3. The molecule has 0 fully saturated rings. The first-order chi connectivity index (χ1) is 9.15. The molecule has 0 heterocycles. The van der Waals surface area contributed by atoms with E-state index in [9.17, 15) is 4.39 Å². The molecule has 0 aliphatic carbocycles. The summed E-state index contributed by atoms with van der Waals surface area (Å²) in [6, 6.07) is 12.8. The summed E-state index contributed by atoms with van der Waals surface area (Å²) in [5.41, 5.74) is 3.25. The molecule has 0 saturated heterocycles. The summed E-state index contributed by atoms with van der Waals surface area (Å²) in [6.07, 6.45) is 0. The topological polar surface area (TPSA) is 23.5 Å². The minimum atomic E-state index is -0.311. The zero-order valence-electron chi connectivity index (χ0n) is 11.2. The Morgan fingerprint density at radius 3 is 2.32 bits per heavy atom. The van der Waals surface area contributed by atoms with Gasteiger partial charge in [-0.3, -0.25) is 0 Å². The molecular formula is C16H18FNO. The Kier molecular flexibility index (Phi) is 4.17. The Morgan fingerprint density at radius 2 is 1.79 bits per heavy atom. The Balaban J connectivity index is 2.39. The lowest BCUT2D eigenvalue weighted by Gasteiger charge is -2.24. The molecule has 2 aromatic carbocycles. The molecular weight excluding hydrogens is 241 g/mol. The first-order valence-corrected chi connectivity index (χ1v) is 6.39. The normalized spacial score (nSPS) is 10.5. The van der Waals surface area contributed by atoms with Gasteiger partial charge in [0.2, 0.25) is 0 Å². The third-order valence-corrected chi connectivity index (χ3v) is 3.15. The smallest absolute Gasteiger partial charge is 0.147 e.